The first-order chi connectivity index (χ1) is 14.0. The number of nitrogens with one attached hydrogen (secondary N) is 2. The van der Waals surface area contributed by atoms with E-state index in [1.54, 1.807) is 0 Å². The second kappa shape index (κ2) is 10.3. The average Bonchev–Trinajstić information content (AvgIpc) is 3.21. The lowest BCUT2D eigenvalue weighted by Gasteiger charge is -2.16. The number of nitrogens with zero attached hydrogens (tertiary/aromatic N) is 2. The number of hydrogen-bond acceptors (Lipinski definition) is 4. The molecule has 1 amide bonds. The predicted molar refractivity (Wildman–Crippen MR) is 119 cm³/mol. The summed E-state index contributed by atoms with van der Waals surface area (Å²) in [5.41, 5.74) is 3.57. The van der Waals surface area contributed by atoms with Crippen LogP contribution >= 0.6 is 11.8 Å². The molecule has 0 aliphatic heterocycles. The van der Waals surface area contributed by atoms with Gasteiger partial charge in [-0.05, 0) is 44.2 Å². The lowest BCUT2D eigenvalue weighted by atomic mass is 10.1. The highest BCUT2D eigenvalue weighted by Gasteiger charge is 2.19. The SMILES string of the molecule is CCc1ccc(-c2nc(S[C@H](C)C(=O)N[C@H](C)CCc3ccccc3)n[nH]2)cc1. The lowest BCUT2D eigenvalue weighted by molar-refractivity contribution is -0.120. The van der Waals surface area contributed by atoms with Gasteiger partial charge in [0.1, 0.15) is 0 Å². The molecule has 152 valence electrons. The zero-order valence-electron chi connectivity index (χ0n) is 17.2. The van der Waals surface area contributed by atoms with Gasteiger partial charge in [0.15, 0.2) is 5.82 Å². The summed E-state index contributed by atoms with van der Waals surface area (Å²) >= 11 is 1.37. The summed E-state index contributed by atoms with van der Waals surface area (Å²) in [6.45, 7) is 6.06. The maximum Gasteiger partial charge on any atom is 0.233 e. The van der Waals surface area contributed by atoms with E-state index in [0.29, 0.717) is 5.16 Å². The zero-order chi connectivity index (χ0) is 20.6. The van der Waals surface area contributed by atoms with Gasteiger partial charge in [-0.2, -0.15) is 0 Å². The number of H-pyrrole nitrogens is 1. The third-order valence-corrected chi connectivity index (χ3v) is 5.81. The second-order valence-corrected chi connectivity index (χ2v) is 8.52. The smallest absolute Gasteiger partial charge is 0.233 e. The molecule has 6 heteroatoms. The van der Waals surface area contributed by atoms with Crippen molar-refractivity contribution in [3.05, 3.63) is 65.7 Å². The fraction of sp³-hybridized carbons (Fsp3) is 0.348. The average molecular weight is 409 g/mol. The summed E-state index contributed by atoms with van der Waals surface area (Å²) < 4.78 is 0. The van der Waals surface area contributed by atoms with Crippen LogP contribution in [0.4, 0.5) is 0 Å². The molecule has 3 aromatic rings. The van der Waals surface area contributed by atoms with Gasteiger partial charge in [-0.1, -0.05) is 73.3 Å². The third kappa shape index (κ3) is 6.19. The van der Waals surface area contributed by atoms with Crippen molar-refractivity contribution in [3.63, 3.8) is 0 Å². The Labute approximate surface area is 176 Å². The van der Waals surface area contributed by atoms with Crippen LogP contribution in [-0.2, 0) is 17.6 Å². The molecule has 3 rings (SSSR count). The molecule has 2 N–H and O–H groups in total. The van der Waals surface area contributed by atoms with E-state index in [2.05, 4.69) is 51.7 Å². The molecule has 0 bridgehead atoms. The molecule has 2 atom stereocenters. The standard InChI is InChI=1S/C23H28N4OS/c1-4-18-12-14-20(15-13-18)21-25-23(27-26-21)29-17(3)22(28)24-16(2)10-11-19-8-6-5-7-9-19/h5-9,12-17H,4,10-11H2,1-3H3,(H,24,28)(H,25,26,27)/t16-,17-/m1/s1. The minimum atomic E-state index is -0.264. The number of benzene rings is 2. The van der Waals surface area contributed by atoms with Crippen LogP contribution in [0.5, 0.6) is 0 Å². The fourth-order valence-corrected chi connectivity index (χ4v) is 3.73. The number of thioether (sulfide) groups is 1. The Morgan fingerprint density at radius 3 is 2.48 bits per heavy atom. The first-order valence-electron chi connectivity index (χ1n) is 10.1. The van der Waals surface area contributed by atoms with Gasteiger partial charge in [-0.25, -0.2) is 4.98 Å². The van der Waals surface area contributed by atoms with Crippen molar-refractivity contribution in [2.24, 2.45) is 0 Å². The van der Waals surface area contributed by atoms with Gasteiger partial charge in [0, 0.05) is 11.6 Å². The summed E-state index contributed by atoms with van der Waals surface area (Å²) in [5.74, 6) is 0.730. The van der Waals surface area contributed by atoms with Crippen LogP contribution in [0.25, 0.3) is 11.4 Å². The molecule has 0 saturated carbocycles. The number of aromatic amines is 1. The lowest BCUT2D eigenvalue weighted by Crippen LogP contribution is -2.37. The van der Waals surface area contributed by atoms with Crippen molar-refractivity contribution in [2.45, 2.75) is 56.5 Å². The summed E-state index contributed by atoms with van der Waals surface area (Å²) in [6, 6.07) is 18.7. The normalized spacial score (nSPS) is 13.1. The largest absolute Gasteiger partial charge is 0.353 e. The second-order valence-electron chi connectivity index (χ2n) is 7.21. The van der Waals surface area contributed by atoms with E-state index in [4.69, 9.17) is 0 Å². The zero-order valence-corrected chi connectivity index (χ0v) is 18.0. The number of aromatic nitrogens is 3. The molecule has 1 aromatic heterocycles. The Hall–Kier alpha value is -2.60. The van der Waals surface area contributed by atoms with E-state index in [1.165, 1.54) is 22.9 Å². The van der Waals surface area contributed by atoms with Crippen molar-refractivity contribution < 1.29 is 4.79 Å². The van der Waals surface area contributed by atoms with Crippen molar-refractivity contribution in [2.75, 3.05) is 0 Å². The number of amides is 1. The van der Waals surface area contributed by atoms with Gasteiger partial charge in [0.2, 0.25) is 11.1 Å². The third-order valence-electron chi connectivity index (χ3n) is 4.85. The van der Waals surface area contributed by atoms with Crippen LogP contribution in [0, 0.1) is 0 Å². The summed E-state index contributed by atoms with van der Waals surface area (Å²) in [4.78, 5) is 17.0. The van der Waals surface area contributed by atoms with Crippen LogP contribution in [-0.4, -0.2) is 32.4 Å². The van der Waals surface area contributed by atoms with Crippen LogP contribution in [0.2, 0.25) is 0 Å². The van der Waals surface area contributed by atoms with Crippen LogP contribution in [0.15, 0.2) is 59.8 Å². The van der Waals surface area contributed by atoms with Crippen LogP contribution < -0.4 is 5.32 Å². The Kier molecular flexibility index (Phi) is 7.47. The molecule has 29 heavy (non-hydrogen) atoms. The quantitative estimate of drug-likeness (QED) is 0.506. The monoisotopic (exact) mass is 408 g/mol. The van der Waals surface area contributed by atoms with Crippen molar-refractivity contribution >= 4 is 17.7 Å². The molecule has 2 aromatic carbocycles. The molecular formula is C23H28N4OS. The summed E-state index contributed by atoms with van der Waals surface area (Å²) in [7, 11) is 0. The highest BCUT2D eigenvalue weighted by Crippen LogP contribution is 2.23. The van der Waals surface area contributed by atoms with Gasteiger partial charge in [-0.15, -0.1) is 5.10 Å². The van der Waals surface area contributed by atoms with E-state index >= 15 is 0 Å². The van der Waals surface area contributed by atoms with Crippen LogP contribution in [0.3, 0.4) is 0 Å². The molecule has 0 saturated heterocycles. The molecule has 0 aliphatic rings. The Morgan fingerprint density at radius 1 is 1.07 bits per heavy atom. The highest BCUT2D eigenvalue weighted by molar-refractivity contribution is 8.00. The van der Waals surface area contributed by atoms with E-state index < -0.39 is 0 Å². The van der Waals surface area contributed by atoms with E-state index in [9.17, 15) is 4.79 Å². The fourth-order valence-electron chi connectivity index (χ4n) is 3.00. The van der Waals surface area contributed by atoms with E-state index in [0.717, 1.165) is 30.7 Å². The van der Waals surface area contributed by atoms with Crippen molar-refractivity contribution in [3.8, 4) is 11.4 Å². The molecule has 1 heterocycles. The van der Waals surface area contributed by atoms with Crippen LogP contribution in [0.1, 0.15) is 38.3 Å². The number of aryl methyl sites for hydroxylation is 2. The van der Waals surface area contributed by atoms with Gasteiger partial charge in [0.25, 0.3) is 0 Å². The molecule has 0 aliphatic carbocycles. The maximum atomic E-state index is 12.5. The van der Waals surface area contributed by atoms with Gasteiger partial charge < -0.3 is 5.32 Å². The molecule has 0 fully saturated rings. The summed E-state index contributed by atoms with van der Waals surface area (Å²) in [5, 5.41) is 10.6. The van der Waals surface area contributed by atoms with Crippen molar-refractivity contribution in [1.29, 1.82) is 0 Å². The molecule has 0 spiro atoms. The highest BCUT2D eigenvalue weighted by atomic mass is 32.2. The molecule has 0 unspecified atom stereocenters. The van der Waals surface area contributed by atoms with E-state index in [1.807, 2.05) is 44.2 Å². The number of carbonyl (C=O) groups is 1. The number of rotatable bonds is 9. The molecule has 0 radical (unpaired) electrons. The minimum absolute atomic E-state index is 0.00853. The van der Waals surface area contributed by atoms with Gasteiger partial charge in [-0.3, -0.25) is 9.89 Å². The number of hydrogen-bond donors (Lipinski definition) is 2. The summed E-state index contributed by atoms with van der Waals surface area (Å²) in [6.07, 6.45) is 2.87. The Bertz CT molecular complexity index is 908. The van der Waals surface area contributed by atoms with Gasteiger partial charge >= 0.3 is 0 Å². The minimum Gasteiger partial charge on any atom is -0.353 e. The molecular weight excluding hydrogens is 380 g/mol. The predicted octanol–water partition coefficient (Wildman–Crippen LogP) is 4.65. The van der Waals surface area contributed by atoms with E-state index in [-0.39, 0.29) is 17.2 Å². The van der Waals surface area contributed by atoms with Crippen molar-refractivity contribution in [1.82, 2.24) is 20.5 Å². The maximum absolute atomic E-state index is 12.5. The Morgan fingerprint density at radius 2 is 1.79 bits per heavy atom. The Balaban J connectivity index is 1.49. The number of carbonyl (C=O) groups excluding carboxylic acids is 1. The first-order valence-corrected chi connectivity index (χ1v) is 11.0. The topological polar surface area (TPSA) is 70.7 Å². The van der Waals surface area contributed by atoms with Gasteiger partial charge in [0.05, 0.1) is 5.25 Å². The first kappa shape index (κ1) is 21.1. The molecule has 5 nitrogen and oxygen atoms in total.